The maximum atomic E-state index is 13.7. The molecule has 0 fully saturated rings. The summed E-state index contributed by atoms with van der Waals surface area (Å²) in [4.78, 5) is 11.9. The number of hydrogen-bond acceptors (Lipinski definition) is 2. The molecule has 3 aromatic rings. The van der Waals surface area contributed by atoms with Crippen LogP contribution in [0.25, 0.3) is 10.8 Å². The second kappa shape index (κ2) is 7.99. The number of rotatable bonds is 6. The third-order valence-electron chi connectivity index (χ3n) is 3.80. The lowest BCUT2D eigenvalue weighted by Gasteiger charge is -2.10. The second-order valence-electron chi connectivity index (χ2n) is 5.59. The van der Waals surface area contributed by atoms with Crippen molar-refractivity contribution in [1.29, 1.82) is 0 Å². The Bertz CT molecular complexity index is 893. The van der Waals surface area contributed by atoms with Crippen molar-refractivity contribution in [3.63, 3.8) is 0 Å². The van der Waals surface area contributed by atoms with E-state index in [1.807, 2.05) is 42.5 Å². The molecular formula is C20H17ClFNO2. The molecule has 0 aliphatic rings. The molecule has 0 aliphatic carbocycles. The average Bonchev–Trinajstić information content (AvgIpc) is 2.61. The van der Waals surface area contributed by atoms with Crippen LogP contribution in [0.1, 0.15) is 5.56 Å². The third kappa shape index (κ3) is 4.48. The first-order valence-corrected chi connectivity index (χ1v) is 8.32. The summed E-state index contributed by atoms with van der Waals surface area (Å²) in [6.07, 6.45) is -0.0305. The van der Waals surface area contributed by atoms with Gasteiger partial charge in [-0.15, -0.1) is 0 Å². The fraction of sp³-hybridized carbons (Fsp3) is 0.150. The van der Waals surface area contributed by atoms with E-state index in [9.17, 15) is 9.18 Å². The average molecular weight is 358 g/mol. The second-order valence-corrected chi connectivity index (χ2v) is 6.02. The SMILES string of the molecule is O=C(Cc1ccc(Cl)cc1F)NCCOc1cccc2ccccc12. The van der Waals surface area contributed by atoms with Crippen molar-refractivity contribution >= 4 is 28.3 Å². The monoisotopic (exact) mass is 357 g/mol. The van der Waals surface area contributed by atoms with E-state index in [-0.39, 0.29) is 12.3 Å². The lowest BCUT2D eigenvalue weighted by Crippen LogP contribution is -2.29. The van der Waals surface area contributed by atoms with Crippen LogP contribution < -0.4 is 10.1 Å². The van der Waals surface area contributed by atoms with Gasteiger partial charge in [-0.1, -0.05) is 54.1 Å². The molecule has 0 aromatic heterocycles. The van der Waals surface area contributed by atoms with Gasteiger partial charge >= 0.3 is 0 Å². The van der Waals surface area contributed by atoms with Crippen LogP contribution in [0.3, 0.4) is 0 Å². The normalized spacial score (nSPS) is 10.6. The van der Waals surface area contributed by atoms with E-state index in [1.165, 1.54) is 12.1 Å². The van der Waals surface area contributed by atoms with E-state index < -0.39 is 5.82 Å². The van der Waals surface area contributed by atoms with Gasteiger partial charge < -0.3 is 10.1 Å². The van der Waals surface area contributed by atoms with Gasteiger partial charge in [0.15, 0.2) is 0 Å². The van der Waals surface area contributed by atoms with Crippen molar-refractivity contribution in [3.05, 3.63) is 77.1 Å². The van der Waals surface area contributed by atoms with Crippen molar-refractivity contribution < 1.29 is 13.9 Å². The number of fused-ring (bicyclic) bond motifs is 1. The smallest absolute Gasteiger partial charge is 0.224 e. The Kier molecular flexibility index (Phi) is 5.51. The summed E-state index contributed by atoms with van der Waals surface area (Å²) in [5.41, 5.74) is 0.317. The zero-order chi connectivity index (χ0) is 17.6. The van der Waals surface area contributed by atoms with Crippen LogP contribution in [0.5, 0.6) is 5.75 Å². The first-order valence-electron chi connectivity index (χ1n) is 7.94. The van der Waals surface area contributed by atoms with Crippen LogP contribution in [0.15, 0.2) is 60.7 Å². The minimum absolute atomic E-state index is 0.0305. The van der Waals surface area contributed by atoms with Gasteiger partial charge in [-0.2, -0.15) is 0 Å². The van der Waals surface area contributed by atoms with Crippen LogP contribution in [0.2, 0.25) is 5.02 Å². The van der Waals surface area contributed by atoms with Crippen LogP contribution >= 0.6 is 11.6 Å². The number of carbonyl (C=O) groups is 1. The minimum Gasteiger partial charge on any atom is -0.491 e. The molecule has 0 heterocycles. The van der Waals surface area contributed by atoms with Crippen molar-refractivity contribution in [1.82, 2.24) is 5.32 Å². The van der Waals surface area contributed by atoms with Gasteiger partial charge in [0.2, 0.25) is 5.91 Å². The molecule has 0 aliphatic heterocycles. The minimum atomic E-state index is -0.477. The maximum Gasteiger partial charge on any atom is 0.224 e. The zero-order valence-corrected chi connectivity index (χ0v) is 14.2. The number of amides is 1. The Labute approximate surface area is 150 Å². The molecule has 3 nitrogen and oxygen atoms in total. The molecule has 0 spiro atoms. The Morgan fingerprint density at radius 3 is 2.72 bits per heavy atom. The van der Waals surface area contributed by atoms with Crippen molar-refractivity contribution in [2.24, 2.45) is 0 Å². The van der Waals surface area contributed by atoms with Crippen molar-refractivity contribution in [2.45, 2.75) is 6.42 Å². The Morgan fingerprint density at radius 2 is 1.88 bits per heavy atom. The fourth-order valence-electron chi connectivity index (χ4n) is 2.57. The van der Waals surface area contributed by atoms with Gasteiger partial charge in [-0.3, -0.25) is 4.79 Å². The highest BCUT2D eigenvalue weighted by Gasteiger charge is 2.08. The molecular weight excluding hydrogens is 341 g/mol. The standard InChI is InChI=1S/C20H17ClFNO2/c21-16-9-8-15(18(22)13-16)12-20(24)23-10-11-25-19-7-3-5-14-4-1-2-6-17(14)19/h1-9,13H,10-12H2,(H,23,24). The van der Waals surface area contributed by atoms with E-state index in [0.29, 0.717) is 23.7 Å². The van der Waals surface area contributed by atoms with E-state index in [1.54, 1.807) is 6.07 Å². The van der Waals surface area contributed by atoms with E-state index >= 15 is 0 Å². The highest BCUT2D eigenvalue weighted by atomic mass is 35.5. The largest absolute Gasteiger partial charge is 0.491 e. The number of hydrogen-bond donors (Lipinski definition) is 1. The molecule has 0 saturated heterocycles. The van der Waals surface area contributed by atoms with Crippen LogP contribution in [0.4, 0.5) is 4.39 Å². The zero-order valence-electron chi connectivity index (χ0n) is 13.5. The molecule has 0 bridgehead atoms. The van der Waals surface area contributed by atoms with E-state index in [2.05, 4.69) is 5.32 Å². The molecule has 5 heteroatoms. The van der Waals surface area contributed by atoms with Crippen LogP contribution in [-0.4, -0.2) is 19.1 Å². The molecule has 128 valence electrons. The first kappa shape index (κ1) is 17.2. The van der Waals surface area contributed by atoms with Crippen LogP contribution in [0, 0.1) is 5.82 Å². The highest BCUT2D eigenvalue weighted by Crippen LogP contribution is 2.24. The number of ether oxygens (including phenoxy) is 1. The summed E-state index contributed by atoms with van der Waals surface area (Å²) in [7, 11) is 0. The number of carbonyl (C=O) groups excluding carboxylic acids is 1. The van der Waals surface area contributed by atoms with Crippen LogP contribution in [-0.2, 0) is 11.2 Å². The van der Waals surface area contributed by atoms with Gasteiger partial charge in [0.25, 0.3) is 0 Å². The van der Waals surface area contributed by atoms with Gasteiger partial charge in [0.05, 0.1) is 13.0 Å². The van der Waals surface area contributed by atoms with Gasteiger partial charge in [0.1, 0.15) is 18.2 Å². The first-order chi connectivity index (χ1) is 12.1. The molecule has 25 heavy (non-hydrogen) atoms. The predicted octanol–water partition coefficient (Wildman–Crippen LogP) is 4.37. The quantitative estimate of drug-likeness (QED) is 0.665. The summed E-state index contributed by atoms with van der Waals surface area (Å²) >= 11 is 5.70. The molecule has 0 unspecified atom stereocenters. The number of benzene rings is 3. The lowest BCUT2D eigenvalue weighted by molar-refractivity contribution is -0.120. The summed E-state index contributed by atoms with van der Waals surface area (Å²) < 4.78 is 19.4. The Morgan fingerprint density at radius 1 is 1.08 bits per heavy atom. The van der Waals surface area contributed by atoms with Crippen molar-refractivity contribution in [3.8, 4) is 5.75 Å². The molecule has 0 atom stereocenters. The highest BCUT2D eigenvalue weighted by molar-refractivity contribution is 6.30. The maximum absolute atomic E-state index is 13.7. The number of nitrogens with one attached hydrogen (secondary N) is 1. The van der Waals surface area contributed by atoms with Gasteiger partial charge in [-0.05, 0) is 29.1 Å². The summed E-state index contributed by atoms with van der Waals surface area (Å²) in [5.74, 6) is 0.0356. The topological polar surface area (TPSA) is 38.3 Å². The Hall–Kier alpha value is -2.59. The Balaban J connectivity index is 1.50. The molecule has 1 N–H and O–H groups in total. The molecule has 3 rings (SSSR count). The fourth-order valence-corrected chi connectivity index (χ4v) is 2.73. The van der Waals surface area contributed by atoms with Gasteiger partial charge in [0, 0.05) is 10.4 Å². The molecule has 0 saturated carbocycles. The number of halogens is 2. The lowest BCUT2D eigenvalue weighted by atomic mass is 10.1. The molecule has 3 aromatic carbocycles. The van der Waals surface area contributed by atoms with Crippen molar-refractivity contribution in [2.75, 3.05) is 13.2 Å². The van der Waals surface area contributed by atoms with Gasteiger partial charge in [-0.25, -0.2) is 4.39 Å². The van der Waals surface area contributed by atoms with E-state index in [0.717, 1.165) is 16.5 Å². The summed E-state index contributed by atoms with van der Waals surface area (Å²) in [5, 5.41) is 5.16. The molecule has 1 amide bonds. The summed E-state index contributed by atoms with van der Waals surface area (Å²) in [6, 6.07) is 18.1. The summed E-state index contributed by atoms with van der Waals surface area (Å²) in [6.45, 7) is 0.681. The third-order valence-corrected chi connectivity index (χ3v) is 4.03. The molecule has 0 radical (unpaired) electrons. The predicted molar refractivity (Wildman–Crippen MR) is 97.6 cm³/mol. The van der Waals surface area contributed by atoms with E-state index in [4.69, 9.17) is 16.3 Å².